The molecule has 0 fully saturated rings. The molecule has 0 aliphatic carbocycles. The summed E-state index contributed by atoms with van der Waals surface area (Å²) < 4.78 is 5.15. The van der Waals surface area contributed by atoms with E-state index >= 15 is 0 Å². The predicted molar refractivity (Wildman–Crippen MR) is 114 cm³/mol. The molecule has 8 heteroatoms. The second-order valence-corrected chi connectivity index (χ2v) is 7.96. The van der Waals surface area contributed by atoms with E-state index in [9.17, 15) is 4.79 Å². The first-order chi connectivity index (χ1) is 13.7. The number of rotatable bonds is 10. The number of thioether (sulfide) groups is 2. The molecule has 0 saturated heterocycles. The maximum atomic E-state index is 12.0. The Morgan fingerprint density at radius 3 is 2.64 bits per heavy atom. The normalized spacial score (nSPS) is 10.6. The molecule has 2 aromatic carbocycles. The zero-order valence-electron chi connectivity index (χ0n) is 15.6. The maximum absolute atomic E-state index is 12.0. The summed E-state index contributed by atoms with van der Waals surface area (Å²) in [6.45, 7) is 0.671. The van der Waals surface area contributed by atoms with Crippen LogP contribution in [-0.4, -0.2) is 46.2 Å². The van der Waals surface area contributed by atoms with Crippen LogP contribution in [0, 0.1) is 0 Å². The Kier molecular flexibility index (Phi) is 7.81. The number of nitrogens with one attached hydrogen (secondary N) is 2. The van der Waals surface area contributed by atoms with E-state index in [4.69, 9.17) is 4.74 Å². The second kappa shape index (κ2) is 10.8. The van der Waals surface area contributed by atoms with Crippen LogP contribution in [0.5, 0.6) is 5.75 Å². The lowest BCUT2D eigenvalue weighted by Crippen LogP contribution is -2.26. The van der Waals surface area contributed by atoms with Crippen molar-refractivity contribution in [3.05, 3.63) is 54.6 Å². The van der Waals surface area contributed by atoms with Crippen LogP contribution in [0.25, 0.3) is 11.4 Å². The molecule has 2 N–H and O–H groups in total. The molecule has 0 unspecified atom stereocenters. The Bertz CT molecular complexity index is 869. The van der Waals surface area contributed by atoms with Gasteiger partial charge in [-0.15, -0.1) is 16.9 Å². The highest BCUT2D eigenvalue weighted by molar-refractivity contribution is 7.99. The van der Waals surface area contributed by atoms with E-state index in [0.717, 1.165) is 23.5 Å². The molecule has 1 aromatic heterocycles. The molecule has 0 saturated carbocycles. The Labute approximate surface area is 172 Å². The van der Waals surface area contributed by atoms with Gasteiger partial charge < -0.3 is 10.1 Å². The Morgan fingerprint density at radius 1 is 1.11 bits per heavy atom. The first-order valence-corrected chi connectivity index (χ1v) is 10.9. The van der Waals surface area contributed by atoms with Gasteiger partial charge in [-0.25, -0.2) is 4.98 Å². The number of aromatic amines is 1. The number of nitrogens with zero attached hydrogens (tertiary/aromatic N) is 2. The van der Waals surface area contributed by atoms with Gasteiger partial charge in [0.15, 0.2) is 5.82 Å². The monoisotopic (exact) mass is 414 g/mol. The molecule has 3 rings (SSSR count). The highest BCUT2D eigenvalue weighted by atomic mass is 32.2. The van der Waals surface area contributed by atoms with Gasteiger partial charge in [-0.1, -0.05) is 30.0 Å². The van der Waals surface area contributed by atoms with Gasteiger partial charge in [0.1, 0.15) is 5.75 Å². The van der Waals surface area contributed by atoms with E-state index in [1.807, 2.05) is 42.5 Å². The van der Waals surface area contributed by atoms with E-state index in [-0.39, 0.29) is 5.91 Å². The van der Waals surface area contributed by atoms with Gasteiger partial charge in [-0.3, -0.25) is 9.89 Å². The molecule has 3 aromatic rings. The molecule has 6 nitrogen and oxygen atoms in total. The van der Waals surface area contributed by atoms with Crippen LogP contribution >= 0.6 is 23.5 Å². The number of aromatic nitrogens is 3. The molecule has 28 heavy (non-hydrogen) atoms. The standard InChI is InChI=1S/C20H22N4O2S2/c1-26-16-10-8-15(9-11-16)19-22-20(24-23-19)28-14-18(25)21-12-5-13-27-17-6-3-2-4-7-17/h2-4,6-11H,5,12-14H2,1H3,(H,21,25)(H,22,23,24). The van der Waals surface area contributed by atoms with Crippen LogP contribution in [0.15, 0.2) is 64.6 Å². The largest absolute Gasteiger partial charge is 0.497 e. The minimum Gasteiger partial charge on any atom is -0.497 e. The molecular weight excluding hydrogens is 392 g/mol. The van der Waals surface area contributed by atoms with Crippen LogP contribution in [0.1, 0.15) is 6.42 Å². The summed E-state index contributed by atoms with van der Waals surface area (Å²) in [6.07, 6.45) is 0.929. The van der Waals surface area contributed by atoms with Crippen molar-refractivity contribution in [3.8, 4) is 17.1 Å². The number of hydrogen-bond donors (Lipinski definition) is 2. The van der Waals surface area contributed by atoms with Crippen LogP contribution < -0.4 is 10.1 Å². The molecular formula is C20H22N4O2S2. The maximum Gasteiger partial charge on any atom is 0.230 e. The number of H-pyrrole nitrogens is 1. The van der Waals surface area contributed by atoms with Crippen molar-refractivity contribution in [1.82, 2.24) is 20.5 Å². The quantitative estimate of drug-likeness (QED) is 0.387. The van der Waals surface area contributed by atoms with Crippen molar-refractivity contribution in [3.63, 3.8) is 0 Å². The van der Waals surface area contributed by atoms with Gasteiger partial charge >= 0.3 is 0 Å². The summed E-state index contributed by atoms with van der Waals surface area (Å²) in [7, 11) is 1.63. The molecule has 0 aliphatic rings. The number of amides is 1. The summed E-state index contributed by atoms with van der Waals surface area (Å²) >= 11 is 3.11. The smallest absolute Gasteiger partial charge is 0.230 e. The minimum atomic E-state index is -0.00879. The fourth-order valence-electron chi connectivity index (χ4n) is 2.38. The molecule has 0 bridgehead atoms. The van der Waals surface area contributed by atoms with Crippen molar-refractivity contribution in [2.75, 3.05) is 25.2 Å². The van der Waals surface area contributed by atoms with Crippen molar-refractivity contribution >= 4 is 29.4 Å². The first kappa shape index (κ1) is 20.3. The van der Waals surface area contributed by atoms with Crippen molar-refractivity contribution in [2.45, 2.75) is 16.5 Å². The fraction of sp³-hybridized carbons (Fsp3) is 0.250. The molecule has 0 aliphatic heterocycles. The molecule has 1 heterocycles. The Morgan fingerprint density at radius 2 is 1.89 bits per heavy atom. The molecule has 0 radical (unpaired) electrons. The highest BCUT2D eigenvalue weighted by Crippen LogP contribution is 2.21. The van der Waals surface area contributed by atoms with E-state index in [2.05, 4.69) is 32.6 Å². The van der Waals surface area contributed by atoms with Crippen molar-refractivity contribution in [2.24, 2.45) is 0 Å². The lowest BCUT2D eigenvalue weighted by Gasteiger charge is -2.04. The Hall–Kier alpha value is -2.45. The van der Waals surface area contributed by atoms with Gasteiger partial charge in [-0.05, 0) is 48.6 Å². The van der Waals surface area contributed by atoms with E-state index in [1.54, 1.807) is 18.9 Å². The molecule has 0 atom stereocenters. The third-order valence-electron chi connectivity index (χ3n) is 3.82. The number of ether oxygens (including phenoxy) is 1. The third-order valence-corrected chi connectivity index (χ3v) is 5.76. The Balaban J connectivity index is 1.35. The third kappa shape index (κ3) is 6.31. The number of hydrogen-bond acceptors (Lipinski definition) is 6. The number of benzene rings is 2. The molecule has 1 amide bonds. The van der Waals surface area contributed by atoms with Gasteiger partial charge in [-0.2, -0.15) is 0 Å². The number of carbonyl (C=O) groups excluding carboxylic acids is 1. The SMILES string of the molecule is COc1ccc(-c2nc(SCC(=O)NCCCSc3ccccc3)n[nH]2)cc1. The fourth-order valence-corrected chi connectivity index (χ4v) is 3.88. The predicted octanol–water partition coefficient (Wildman–Crippen LogP) is 3.87. The lowest BCUT2D eigenvalue weighted by molar-refractivity contribution is -0.118. The average molecular weight is 415 g/mol. The van der Waals surface area contributed by atoms with Gasteiger partial charge in [0.25, 0.3) is 0 Å². The number of carbonyl (C=O) groups is 1. The van der Waals surface area contributed by atoms with Gasteiger partial charge in [0.2, 0.25) is 11.1 Å². The lowest BCUT2D eigenvalue weighted by atomic mass is 10.2. The summed E-state index contributed by atoms with van der Waals surface area (Å²) in [5.41, 5.74) is 0.917. The van der Waals surface area contributed by atoms with Crippen LogP contribution in [0.4, 0.5) is 0 Å². The van der Waals surface area contributed by atoms with Crippen LogP contribution in [0.2, 0.25) is 0 Å². The van der Waals surface area contributed by atoms with E-state index in [1.165, 1.54) is 16.7 Å². The van der Waals surface area contributed by atoms with Crippen molar-refractivity contribution < 1.29 is 9.53 Å². The van der Waals surface area contributed by atoms with E-state index in [0.29, 0.717) is 23.3 Å². The summed E-state index contributed by atoms with van der Waals surface area (Å²) in [4.78, 5) is 17.7. The highest BCUT2D eigenvalue weighted by Gasteiger charge is 2.09. The average Bonchev–Trinajstić information content (AvgIpc) is 3.22. The number of methoxy groups -OCH3 is 1. The summed E-state index contributed by atoms with van der Waals surface area (Å²) in [5, 5.41) is 10.6. The topological polar surface area (TPSA) is 79.9 Å². The van der Waals surface area contributed by atoms with Crippen LogP contribution in [-0.2, 0) is 4.79 Å². The van der Waals surface area contributed by atoms with Gasteiger partial charge in [0, 0.05) is 17.0 Å². The van der Waals surface area contributed by atoms with Crippen molar-refractivity contribution in [1.29, 1.82) is 0 Å². The minimum absolute atomic E-state index is 0.00879. The summed E-state index contributed by atoms with van der Waals surface area (Å²) in [5.74, 6) is 2.72. The zero-order chi connectivity index (χ0) is 19.6. The molecule has 0 spiro atoms. The molecule has 146 valence electrons. The zero-order valence-corrected chi connectivity index (χ0v) is 17.2. The second-order valence-electron chi connectivity index (χ2n) is 5.85. The first-order valence-electron chi connectivity index (χ1n) is 8.89. The van der Waals surface area contributed by atoms with Gasteiger partial charge in [0.05, 0.1) is 12.9 Å². The van der Waals surface area contributed by atoms with E-state index < -0.39 is 0 Å². The summed E-state index contributed by atoms with van der Waals surface area (Å²) in [6, 6.07) is 17.8. The van der Waals surface area contributed by atoms with Crippen LogP contribution in [0.3, 0.4) is 0 Å².